The van der Waals surface area contributed by atoms with Crippen molar-refractivity contribution in [3.8, 4) is 0 Å². The van der Waals surface area contributed by atoms with Crippen LogP contribution in [0.15, 0.2) is 9.98 Å². The molecule has 6 rings (SSSR count). The quantitative estimate of drug-likeness (QED) is 0.160. The molecule has 4 fully saturated rings. The number of halogens is 2. The van der Waals surface area contributed by atoms with E-state index in [1.807, 2.05) is 39.0 Å². The maximum atomic E-state index is 5.94. The maximum absolute atomic E-state index is 5.94. The molecule has 12 heteroatoms. The molecule has 0 saturated heterocycles. The van der Waals surface area contributed by atoms with Crippen LogP contribution in [0.25, 0.3) is 0 Å². The van der Waals surface area contributed by atoms with Crippen LogP contribution in [-0.4, -0.2) is 53.2 Å². The molecule has 6 atom stereocenters. The number of rotatable bonds is 4. The van der Waals surface area contributed by atoms with Crippen molar-refractivity contribution in [1.29, 1.82) is 0 Å². The Hall–Kier alpha value is 3.20. The predicted octanol–water partition coefficient (Wildman–Crippen LogP) is 14.0. The average molecular weight is 1250 g/mol. The van der Waals surface area contributed by atoms with Crippen molar-refractivity contribution in [3.63, 3.8) is 0 Å². The predicted molar refractivity (Wildman–Crippen MR) is 236 cm³/mol. The van der Waals surface area contributed by atoms with E-state index in [1.165, 1.54) is 89.9 Å². The fraction of sp³-hybridized carbons (Fsp3) is 0.900. The van der Waals surface area contributed by atoms with Crippen LogP contribution < -0.4 is 0 Å². The van der Waals surface area contributed by atoms with Gasteiger partial charge in [-0.25, -0.2) is 0 Å². The first kappa shape index (κ1) is 57.3. The SMILES string of the molecule is C1CCCC1.C1CCCC1.CC(C)(C)[C@H]1COC(C2[CH-]CCC2[Si](C)(C)C)=N1.CC(C)(C)[C@H]1COC(C2[CH-]CCC2[Si](C)(C)C)=N1.[Fe+2].[Fe+2].[Pd+][I].[Pd+][I]. The van der Waals surface area contributed by atoms with Gasteiger partial charge in [0.25, 0.3) is 0 Å². The summed E-state index contributed by atoms with van der Waals surface area (Å²) in [7, 11) is -2.23. The van der Waals surface area contributed by atoms with Gasteiger partial charge in [0.05, 0.1) is 12.1 Å². The molecule has 0 N–H and O–H groups in total. The van der Waals surface area contributed by atoms with Crippen molar-refractivity contribution < 1.29 is 74.8 Å². The standard InChI is InChI=1S/2C15H28NOSi.2C5H10.2Fe.2HI.2Pd/c2*1-15(2,3)13-10-17-14(16-13)11-8-7-9-12(11)18(4,5)6;2*1-2-4-5-3-1;;;;;;/h2*8,11-13H,7,9-10H2,1-6H3;2*1-5H2;;;2*1H;;/q2*-1;;;2*+2;;;2*+2/p-2/t2*11?,12?,13-;;;;;;;;/m11......../s1. The van der Waals surface area contributed by atoms with Crippen LogP contribution in [-0.2, 0) is 74.8 Å². The summed E-state index contributed by atoms with van der Waals surface area (Å²) in [5, 5.41) is 0. The Labute approximate surface area is 389 Å². The van der Waals surface area contributed by atoms with Crippen molar-refractivity contribution in [1.82, 2.24) is 0 Å². The molecule has 4 saturated carbocycles. The number of hydrogen-bond acceptors (Lipinski definition) is 4. The van der Waals surface area contributed by atoms with Crippen molar-refractivity contribution >= 4 is 67.0 Å². The van der Waals surface area contributed by atoms with E-state index in [2.05, 4.69) is 125 Å². The summed E-state index contributed by atoms with van der Waals surface area (Å²) in [6.45, 7) is 29.9. The second-order valence-corrected chi connectivity index (χ2v) is 30.4. The first-order valence-corrected chi connectivity index (χ1v) is 36.1. The van der Waals surface area contributed by atoms with Crippen LogP contribution in [0.3, 0.4) is 0 Å². The first-order chi connectivity index (χ1) is 23.4. The molecule has 2 heterocycles. The van der Waals surface area contributed by atoms with E-state index in [1.54, 1.807) is 0 Å². The minimum atomic E-state index is -1.11. The minimum absolute atomic E-state index is 0. The monoisotopic (exact) mass is 1250 g/mol. The van der Waals surface area contributed by atoms with Gasteiger partial charge < -0.3 is 22.3 Å². The number of aliphatic imine (C=N–C) groups is 2. The Morgan fingerprint density at radius 2 is 0.788 bits per heavy atom. The zero-order valence-corrected chi connectivity index (χ0v) is 46.4. The van der Waals surface area contributed by atoms with E-state index in [9.17, 15) is 0 Å². The van der Waals surface area contributed by atoms with Gasteiger partial charge in [0.2, 0.25) is 0 Å². The second kappa shape index (κ2) is 28.6. The van der Waals surface area contributed by atoms with E-state index >= 15 is 0 Å². The van der Waals surface area contributed by atoms with Crippen LogP contribution in [0.4, 0.5) is 0 Å². The molecule has 4 unspecified atom stereocenters. The average Bonchev–Trinajstić information content (AvgIpc) is 3.88. The molecule has 0 aromatic heterocycles. The molecule has 0 bridgehead atoms. The summed E-state index contributed by atoms with van der Waals surface area (Å²) in [6.07, 6.45) is 25.1. The van der Waals surface area contributed by atoms with Crippen molar-refractivity contribution in [2.75, 3.05) is 13.2 Å². The molecule has 0 radical (unpaired) electrons. The normalized spacial score (nSPS) is 28.0. The molecule has 0 aromatic carbocycles. The summed E-state index contributed by atoms with van der Waals surface area (Å²) in [4.78, 5) is 9.78. The van der Waals surface area contributed by atoms with Gasteiger partial charge in [-0.2, -0.15) is 12.8 Å². The molecular formula is C40H76Fe2I2N2O2Pd2Si2+4. The summed E-state index contributed by atoms with van der Waals surface area (Å²) in [5.74, 6) is 3.09. The van der Waals surface area contributed by atoms with Crippen molar-refractivity contribution in [2.24, 2.45) is 32.7 Å². The Kier molecular flexibility index (Phi) is 31.5. The zero-order chi connectivity index (χ0) is 38.2. The molecule has 4 aliphatic carbocycles. The van der Waals surface area contributed by atoms with Crippen molar-refractivity contribution in [2.45, 2.75) is 194 Å². The van der Waals surface area contributed by atoms with E-state index in [4.69, 9.17) is 19.5 Å². The third-order valence-corrected chi connectivity index (χ3v) is 17.0. The van der Waals surface area contributed by atoms with Crippen LogP contribution in [0.2, 0.25) is 50.4 Å². The van der Waals surface area contributed by atoms with Crippen LogP contribution in [0, 0.1) is 35.5 Å². The van der Waals surface area contributed by atoms with Crippen molar-refractivity contribution in [3.05, 3.63) is 12.8 Å². The third-order valence-electron chi connectivity index (χ3n) is 11.3. The molecule has 6 aliphatic rings. The van der Waals surface area contributed by atoms with Gasteiger partial charge in [-0.3, -0.25) is 9.98 Å². The molecule has 2 aliphatic heterocycles. The molecule has 52 heavy (non-hydrogen) atoms. The fourth-order valence-corrected chi connectivity index (χ4v) is 12.7. The molecule has 4 nitrogen and oxygen atoms in total. The summed E-state index contributed by atoms with van der Waals surface area (Å²) < 4.78 is 11.9. The van der Waals surface area contributed by atoms with Crippen LogP contribution in [0.5, 0.6) is 0 Å². The van der Waals surface area contributed by atoms with Gasteiger partial charge in [-0.1, -0.05) is 181 Å². The van der Waals surface area contributed by atoms with E-state index in [-0.39, 0.29) is 45.0 Å². The Bertz CT molecular complexity index is 901. The number of nitrogens with zero attached hydrogens (tertiary/aromatic N) is 2. The van der Waals surface area contributed by atoms with Gasteiger partial charge in [-0.05, 0) is 10.8 Å². The molecule has 0 amide bonds. The van der Waals surface area contributed by atoms with Crippen LogP contribution >= 0.6 is 39.0 Å². The number of hydrogen-bond donors (Lipinski definition) is 0. The third kappa shape index (κ3) is 20.9. The van der Waals surface area contributed by atoms with Gasteiger partial charge in [-0.15, -0.1) is 0 Å². The molecule has 0 aromatic rings. The molecule has 0 spiro atoms. The molecule has 312 valence electrons. The van der Waals surface area contributed by atoms with E-state index in [0.717, 1.165) is 36.1 Å². The number of ether oxygens (including phenoxy) is 2. The van der Waals surface area contributed by atoms with Gasteiger partial charge in [0.1, 0.15) is 13.2 Å². The van der Waals surface area contributed by atoms with Gasteiger partial charge >= 0.3 is 104 Å². The van der Waals surface area contributed by atoms with Gasteiger partial charge in [0, 0.05) is 16.1 Å². The van der Waals surface area contributed by atoms with Gasteiger partial charge in [0.15, 0.2) is 11.8 Å². The summed E-state index contributed by atoms with van der Waals surface area (Å²) in [5.41, 5.74) is 2.06. The molecular weight excluding hydrogens is 1170 g/mol. The topological polar surface area (TPSA) is 43.2 Å². The zero-order valence-electron chi connectivity index (χ0n) is 34.7. The summed E-state index contributed by atoms with van der Waals surface area (Å²) >= 11 is 9.44. The van der Waals surface area contributed by atoms with Crippen LogP contribution in [0.1, 0.15) is 131 Å². The summed E-state index contributed by atoms with van der Waals surface area (Å²) in [6, 6.07) is 0.674. The Morgan fingerprint density at radius 1 is 0.538 bits per heavy atom. The van der Waals surface area contributed by atoms with E-state index in [0.29, 0.717) is 23.9 Å². The Balaban J connectivity index is 0. The Morgan fingerprint density at radius 3 is 0.981 bits per heavy atom. The fourth-order valence-electron chi connectivity index (χ4n) is 7.89. The second-order valence-electron chi connectivity index (χ2n) is 19.5. The first-order valence-electron chi connectivity index (χ1n) is 19.7. The van der Waals surface area contributed by atoms with E-state index < -0.39 is 16.1 Å².